The van der Waals surface area contributed by atoms with Gasteiger partial charge in [0, 0.05) is 10.5 Å². The highest BCUT2D eigenvalue weighted by Gasteiger charge is 2.34. The predicted molar refractivity (Wildman–Crippen MR) is 82.3 cm³/mol. The van der Waals surface area contributed by atoms with Crippen molar-refractivity contribution in [3.05, 3.63) is 34.8 Å². The van der Waals surface area contributed by atoms with Crippen LogP contribution in [0.1, 0.15) is 12.8 Å². The SMILES string of the molecule is COc1ccc(Br)c(NC(=O)C2CC=CCC2C(=O)O)c1. The quantitative estimate of drug-likeness (QED) is 0.815. The summed E-state index contributed by atoms with van der Waals surface area (Å²) in [5.41, 5.74) is 0.568. The fourth-order valence-electron chi connectivity index (χ4n) is 2.33. The van der Waals surface area contributed by atoms with Crippen LogP contribution in [0.15, 0.2) is 34.8 Å². The first-order valence-electron chi connectivity index (χ1n) is 6.55. The maximum atomic E-state index is 12.4. The van der Waals surface area contributed by atoms with Crippen LogP contribution in [-0.4, -0.2) is 24.1 Å². The lowest BCUT2D eigenvalue weighted by atomic mass is 9.82. The summed E-state index contributed by atoms with van der Waals surface area (Å²) in [5, 5.41) is 12.0. The van der Waals surface area contributed by atoms with Gasteiger partial charge >= 0.3 is 5.97 Å². The molecule has 1 aromatic rings. The van der Waals surface area contributed by atoms with E-state index in [2.05, 4.69) is 21.2 Å². The second-order valence-electron chi connectivity index (χ2n) is 4.83. The fraction of sp³-hybridized carbons (Fsp3) is 0.333. The topological polar surface area (TPSA) is 75.6 Å². The van der Waals surface area contributed by atoms with Gasteiger partial charge in [0.15, 0.2) is 0 Å². The Bertz CT molecular complexity index is 585. The number of rotatable bonds is 4. The van der Waals surface area contributed by atoms with Crippen LogP contribution >= 0.6 is 15.9 Å². The maximum Gasteiger partial charge on any atom is 0.307 e. The summed E-state index contributed by atoms with van der Waals surface area (Å²) in [6.07, 6.45) is 4.48. The summed E-state index contributed by atoms with van der Waals surface area (Å²) in [4.78, 5) is 23.6. The summed E-state index contributed by atoms with van der Waals surface area (Å²) in [7, 11) is 1.54. The van der Waals surface area contributed by atoms with Crippen LogP contribution in [-0.2, 0) is 9.59 Å². The number of aliphatic carboxylic acids is 1. The number of carboxylic acid groups (broad SMARTS) is 1. The van der Waals surface area contributed by atoms with Crippen LogP contribution in [0.4, 0.5) is 5.69 Å². The molecule has 1 aliphatic rings. The standard InChI is InChI=1S/C15H16BrNO4/c1-21-9-6-7-12(16)13(8-9)17-14(18)10-4-2-3-5-11(10)15(19)20/h2-3,6-8,10-11H,4-5H2,1H3,(H,17,18)(H,19,20). The minimum absolute atomic E-state index is 0.291. The van der Waals surface area contributed by atoms with E-state index in [0.29, 0.717) is 24.3 Å². The monoisotopic (exact) mass is 353 g/mol. The minimum Gasteiger partial charge on any atom is -0.497 e. The third-order valence-electron chi connectivity index (χ3n) is 3.52. The summed E-state index contributed by atoms with van der Waals surface area (Å²) in [5.74, 6) is -1.86. The Hall–Kier alpha value is -1.82. The number of carbonyl (C=O) groups excluding carboxylic acids is 1. The van der Waals surface area contributed by atoms with E-state index in [1.807, 2.05) is 12.2 Å². The van der Waals surface area contributed by atoms with E-state index in [1.54, 1.807) is 25.3 Å². The highest BCUT2D eigenvalue weighted by Crippen LogP contribution is 2.31. The van der Waals surface area contributed by atoms with Gasteiger partial charge < -0.3 is 15.2 Å². The Labute approximate surface area is 131 Å². The number of hydrogen-bond donors (Lipinski definition) is 2. The Morgan fingerprint density at radius 3 is 2.57 bits per heavy atom. The van der Waals surface area contributed by atoms with Gasteiger partial charge in [-0.2, -0.15) is 0 Å². The molecule has 0 radical (unpaired) electrons. The molecule has 112 valence electrons. The highest BCUT2D eigenvalue weighted by atomic mass is 79.9. The second-order valence-corrected chi connectivity index (χ2v) is 5.68. The van der Waals surface area contributed by atoms with Gasteiger partial charge in [-0.05, 0) is 40.9 Å². The number of carbonyl (C=O) groups is 2. The van der Waals surface area contributed by atoms with Crippen LogP contribution < -0.4 is 10.1 Å². The van der Waals surface area contributed by atoms with Gasteiger partial charge in [-0.15, -0.1) is 0 Å². The van der Waals surface area contributed by atoms with Crippen molar-refractivity contribution in [2.45, 2.75) is 12.8 Å². The van der Waals surface area contributed by atoms with Crippen LogP contribution in [0.3, 0.4) is 0 Å². The summed E-state index contributed by atoms with van der Waals surface area (Å²) in [6.45, 7) is 0. The van der Waals surface area contributed by atoms with Crippen LogP contribution in [0.25, 0.3) is 0 Å². The number of anilines is 1. The summed E-state index contributed by atoms with van der Waals surface area (Å²) in [6, 6.07) is 5.23. The molecule has 0 saturated carbocycles. The van der Waals surface area contributed by atoms with E-state index in [4.69, 9.17) is 4.74 Å². The number of carboxylic acids is 1. The number of nitrogens with one attached hydrogen (secondary N) is 1. The van der Waals surface area contributed by atoms with Crippen molar-refractivity contribution in [1.29, 1.82) is 0 Å². The maximum absolute atomic E-state index is 12.4. The van der Waals surface area contributed by atoms with Crippen molar-refractivity contribution in [1.82, 2.24) is 0 Å². The third kappa shape index (κ3) is 3.64. The first-order valence-corrected chi connectivity index (χ1v) is 7.34. The molecule has 2 atom stereocenters. The zero-order valence-electron chi connectivity index (χ0n) is 11.5. The van der Waals surface area contributed by atoms with Gasteiger partial charge in [-0.3, -0.25) is 9.59 Å². The largest absolute Gasteiger partial charge is 0.497 e. The molecule has 0 heterocycles. The van der Waals surface area contributed by atoms with Crippen molar-refractivity contribution in [3.63, 3.8) is 0 Å². The van der Waals surface area contributed by atoms with E-state index in [0.717, 1.165) is 4.47 Å². The van der Waals surface area contributed by atoms with Crippen molar-refractivity contribution in [2.24, 2.45) is 11.8 Å². The van der Waals surface area contributed by atoms with E-state index in [9.17, 15) is 14.7 Å². The molecule has 1 amide bonds. The fourth-order valence-corrected chi connectivity index (χ4v) is 2.68. The Kier molecular flexibility index (Phi) is 5.01. The van der Waals surface area contributed by atoms with Crippen molar-refractivity contribution < 1.29 is 19.4 Å². The first kappa shape index (κ1) is 15.6. The average molecular weight is 354 g/mol. The van der Waals surface area contributed by atoms with Crippen LogP contribution in [0.5, 0.6) is 5.75 Å². The van der Waals surface area contributed by atoms with Crippen LogP contribution in [0.2, 0.25) is 0 Å². The van der Waals surface area contributed by atoms with Gasteiger partial charge in [0.1, 0.15) is 5.75 Å². The normalized spacial score (nSPS) is 20.9. The lowest BCUT2D eigenvalue weighted by Crippen LogP contribution is -2.34. The third-order valence-corrected chi connectivity index (χ3v) is 4.21. The first-order chi connectivity index (χ1) is 10.0. The number of hydrogen-bond acceptors (Lipinski definition) is 3. The van der Waals surface area contributed by atoms with Gasteiger partial charge in [-0.25, -0.2) is 0 Å². The van der Waals surface area contributed by atoms with Gasteiger partial charge in [0.05, 0.1) is 24.6 Å². The van der Waals surface area contributed by atoms with E-state index < -0.39 is 17.8 Å². The number of ether oxygens (including phenoxy) is 1. The Morgan fingerprint density at radius 2 is 1.95 bits per heavy atom. The summed E-state index contributed by atoms with van der Waals surface area (Å²) >= 11 is 3.36. The van der Waals surface area contributed by atoms with E-state index in [1.165, 1.54) is 0 Å². The molecule has 21 heavy (non-hydrogen) atoms. The van der Waals surface area contributed by atoms with Crippen LogP contribution in [0, 0.1) is 11.8 Å². The van der Waals surface area contributed by atoms with E-state index >= 15 is 0 Å². The Balaban J connectivity index is 2.17. The molecular weight excluding hydrogens is 338 g/mol. The molecule has 0 aliphatic heterocycles. The molecule has 0 fully saturated rings. The average Bonchev–Trinajstić information content (AvgIpc) is 2.49. The number of halogens is 1. The molecule has 2 rings (SSSR count). The highest BCUT2D eigenvalue weighted by molar-refractivity contribution is 9.10. The zero-order chi connectivity index (χ0) is 15.4. The molecule has 0 bridgehead atoms. The molecular formula is C15H16BrNO4. The van der Waals surface area contributed by atoms with Gasteiger partial charge in [0.25, 0.3) is 0 Å². The molecule has 2 unspecified atom stereocenters. The Morgan fingerprint density at radius 1 is 1.29 bits per heavy atom. The molecule has 0 aromatic heterocycles. The zero-order valence-corrected chi connectivity index (χ0v) is 13.1. The lowest BCUT2D eigenvalue weighted by Gasteiger charge is -2.24. The predicted octanol–water partition coefficient (Wildman–Crippen LogP) is 3.06. The number of benzene rings is 1. The van der Waals surface area contributed by atoms with E-state index in [-0.39, 0.29) is 5.91 Å². The number of allylic oxidation sites excluding steroid dienone is 2. The molecule has 0 saturated heterocycles. The van der Waals surface area contributed by atoms with Crippen molar-refractivity contribution in [2.75, 3.05) is 12.4 Å². The molecule has 1 aliphatic carbocycles. The molecule has 6 heteroatoms. The lowest BCUT2D eigenvalue weighted by molar-refractivity contribution is -0.146. The molecule has 5 nitrogen and oxygen atoms in total. The summed E-state index contributed by atoms with van der Waals surface area (Å²) < 4.78 is 5.84. The molecule has 0 spiro atoms. The smallest absolute Gasteiger partial charge is 0.307 e. The van der Waals surface area contributed by atoms with Gasteiger partial charge in [-0.1, -0.05) is 12.2 Å². The number of amides is 1. The van der Waals surface area contributed by atoms with Gasteiger partial charge in [0.2, 0.25) is 5.91 Å². The minimum atomic E-state index is -0.941. The van der Waals surface area contributed by atoms with Crippen molar-refractivity contribution in [3.8, 4) is 5.75 Å². The van der Waals surface area contributed by atoms with Crippen molar-refractivity contribution >= 4 is 33.5 Å². The second kappa shape index (κ2) is 6.76. The molecule has 2 N–H and O–H groups in total. The number of methoxy groups -OCH3 is 1. The molecule has 1 aromatic carbocycles.